The Morgan fingerprint density at radius 2 is 2.10 bits per heavy atom. The summed E-state index contributed by atoms with van der Waals surface area (Å²) in [4.78, 5) is 11.9. The number of methoxy groups -OCH3 is 1. The number of para-hydroxylation sites is 1. The van der Waals surface area contributed by atoms with Gasteiger partial charge in [-0.3, -0.25) is 4.79 Å². The maximum absolute atomic E-state index is 11.9. The van der Waals surface area contributed by atoms with Crippen molar-refractivity contribution in [2.45, 2.75) is 39.3 Å². The Labute approximate surface area is 119 Å². The quantitative estimate of drug-likeness (QED) is 0.800. The van der Waals surface area contributed by atoms with E-state index < -0.39 is 0 Å². The number of rotatable bonds is 7. The topological polar surface area (TPSA) is 67.8 Å². The van der Waals surface area contributed by atoms with Crippen molar-refractivity contribution in [1.82, 2.24) is 5.32 Å². The molecular formula is C15H23NO4. The minimum atomic E-state index is -0.263. The fraction of sp³-hybridized carbons (Fsp3) is 0.533. The summed E-state index contributed by atoms with van der Waals surface area (Å²) in [5, 5.41) is 12.2. The largest absolute Gasteiger partial charge is 0.493 e. The second-order valence-electron chi connectivity index (χ2n) is 5.18. The Morgan fingerprint density at radius 3 is 2.65 bits per heavy atom. The van der Waals surface area contributed by atoms with Gasteiger partial charge in [-0.15, -0.1) is 0 Å². The highest BCUT2D eigenvalue weighted by atomic mass is 16.5. The molecule has 20 heavy (non-hydrogen) atoms. The summed E-state index contributed by atoms with van der Waals surface area (Å²) in [5.74, 6) is 0.702. The van der Waals surface area contributed by atoms with Gasteiger partial charge in [0.1, 0.15) is 0 Å². The summed E-state index contributed by atoms with van der Waals surface area (Å²) in [6.45, 7) is 5.62. The zero-order valence-electron chi connectivity index (χ0n) is 12.5. The van der Waals surface area contributed by atoms with E-state index in [1.807, 2.05) is 20.8 Å². The number of hydrogen-bond acceptors (Lipinski definition) is 4. The average molecular weight is 281 g/mol. The number of benzene rings is 1. The van der Waals surface area contributed by atoms with Crippen LogP contribution in [0.3, 0.4) is 0 Å². The molecule has 2 N–H and O–H groups in total. The molecule has 112 valence electrons. The molecule has 1 aromatic carbocycles. The molecule has 0 aliphatic heterocycles. The Balaban J connectivity index is 2.72. The lowest BCUT2D eigenvalue weighted by molar-refractivity contribution is -0.124. The lowest BCUT2D eigenvalue weighted by Gasteiger charge is -2.24. The fourth-order valence-corrected chi connectivity index (χ4v) is 1.65. The third-order valence-corrected chi connectivity index (χ3v) is 3.16. The highest BCUT2D eigenvalue weighted by Crippen LogP contribution is 2.30. The maximum Gasteiger partial charge on any atom is 0.258 e. The van der Waals surface area contributed by atoms with E-state index in [1.165, 1.54) is 7.11 Å². The van der Waals surface area contributed by atoms with E-state index in [0.29, 0.717) is 17.1 Å². The van der Waals surface area contributed by atoms with Crippen molar-refractivity contribution in [3.63, 3.8) is 0 Å². The Kier molecular flexibility index (Phi) is 5.82. The molecule has 0 unspecified atom stereocenters. The number of hydrogen-bond donors (Lipinski definition) is 2. The van der Waals surface area contributed by atoms with Gasteiger partial charge in [-0.05, 0) is 26.3 Å². The minimum absolute atomic E-state index is 0.114. The molecule has 0 bridgehead atoms. The Morgan fingerprint density at radius 1 is 1.40 bits per heavy atom. The van der Waals surface area contributed by atoms with Crippen LogP contribution in [0.25, 0.3) is 0 Å². The molecule has 0 saturated carbocycles. The van der Waals surface area contributed by atoms with Crippen molar-refractivity contribution in [3.8, 4) is 11.5 Å². The molecule has 1 aromatic rings. The molecule has 0 aliphatic rings. The van der Waals surface area contributed by atoms with Gasteiger partial charge in [0.15, 0.2) is 18.1 Å². The van der Waals surface area contributed by atoms with Crippen molar-refractivity contribution in [2.24, 2.45) is 0 Å². The van der Waals surface area contributed by atoms with E-state index in [1.54, 1.807) is 18.2 Å². The van der Waals surface area contributed by atoms with Crippen LogP contribution in [-0.4, -0.2) is 30.3 Å². The monoisotopic (exact) mass is 281 g/mol. The summed E-state index contributed by atoms with van der Waals surface area (Å²) in [6, 6.07) is 5.21. The first-order valence-electron chi connectivity index (χ1n) is 6.64. The van der Waals surface area contributed by atoms with Crippen molar-refractivity contribution in [1.29, 1.82) is 0 Å². The molecular weight excluding hydrogens is 258 g/mol. The van der Waals surface area contributed by atoms with E-state index in [9.17, 15) is 9.90 Å². The van der Waals surface area contributed by atoms with Crippen LogP contribution in [0.15, 0.2) is 18.2 Å². The van der Waals surface area contributed by atoms with Gasteiger partial charge in [0.25, 0.3) is 5.91 Å². The van der Waals surface area contributed by atoms with Gasteiger partial charge in [-0.1, -0.05) is 19.1 Å². The standard InChI is InChI=1S/C15H23NO4/c1-5-15(2,3)16-13(18)10-20-14-11(9-17)7-6-8-12(14)19-4/h6-8,17H,5,9-10H2,1-4H3,(H,16,18). The van der Waals surface area contributed by atoms with Crippen molar-refractivity contribution < 1.29 is 19.4 Å². The van der Waals surface area contributed by atoms with Gasteiger partial charge in [0.2, 0.25) is 0 Å². The van der Waals surface area contributed by atoms with Gasteiger partial charge in [0, 0.05) is 11.1 Å². The number of ether oxygens (including phenoxy) is 2. The number of aliphatic hydroxyl groups is 1. The highest BCUT2D eigenvalue weighted by molar-refractivity contribution is 5.78. The normalized spacial score (nSPS) is 11.1. The molecule has 0 fully saturated rings. The van der Waals surface area contributed by atoms with Crippen molar-refractivity contribution in [3.05, 3.63) is 23.8 Å². The number of amides is 1. The van der Waals surface area contributed by atoms with Crippen molar-refractivity contribution in [2.75, 3.05) is 13.7 Å². The Hall–Kier alpha value is -1.75. The Bertz CT molecular complexity index is 435. The SMILES string of the molecule is CCC(C)(C)NC(=O)COc1c(CO)cccc1OC. The predicted molar refractivity (Wildman–Crippen MR) is 76.9 cm³/mol. The van der Waals surface area contributed by atoms with Crippen LogP contribution in [-0.2, 0) is 11.4 Å². The van der Waals surface area contributed by atoms with E-state index in [0.717, 1.165) is 6.42 Å². The summed E-state index contributed by atoms with van der Waals surface area (Å²) in [6.07, 6.45) is 0.829. The van der Waals surface area contributed by atoms with E-state index in [-0.39, 0.29) is 24.7 Å². The van der Waals surface area contributed by atoms with Crippen LogP contribution in [0.2, 0.25) is 0 Å². The zero-order valence-corrected chi connectivity index (χ0v) is 12.5. The first-order chi connectivity index (χ1) is 9.43. The number of aliphatic hydroxyl groups excluding tert-OH is 1. The van der Waals surface area contributed by atoms with Crippen LogP contribution in [0.1, 0.15) is 32.8 Å². The first-order valence-corrected chi connectivity index (χ1v) is 6.64. The number of carbonyl (C=O) groups excluding carboxylic acids is 1. The minimum Gasteiger partial charge on any atom is -0.493 e. The molecule has 0 spiro atoms. The van der Waals surface area contributed by atoms with Crippen LogP contribution >= 0.6 is 0 Å². The molecule has 0 aromatic heterocycles. The molecule has 0 aliphatic carbocycles. The third kappa shape index (κ3) is 4.42. The van der Waals surface area contributed by atoms with Crippen LogP contribution in [0, 0.1) is 0 Å². The van der Waals surface area contributed by atoms with Crippen LogP contribution < -0.4 is 14.8 Å². The second-order valence-corrected chi connectivity index (χ2v) is 5.18. The molecule has 5 nitrogen and oxygen atoms in total. The zero-order chi connectivity index (χ0) is 15.2. The van der Waals surface area contributed by atoms with E-state index in [4.69, 9.17) is 9.47 Å². The molecule has 5 heteroatoms. The molecule has 1 rings (SSSR count). The predicted octanol–water partition coefficient (Wildman–Crippen LogP) is 1.87. The molecule has 0 atom stereocenters. The summed E-state index contributed by atoms with van der Waals surface area (Å²) in [7, 11) is 1.52. The van der Waals surface area contributed by atoms with Crippen LogP contribution in [0.4, 0.5) is 0 Å². The number of nitrogens with one attached hydrogen (secondary N) is 1. The smallest absolute Gasteiger partial charge is 0.258 e. The lowest BCUT2D eigenvalue weighted by Crippen LogP contribution is -2.44. The van der Waals surface area contributed by atoms with Gasteiger partial charge in [0.05, 0.1) is 13.7 Å². The maximum atomic E-state index is 11.9. The lowest BCUT2D eigenvalue weighted by atomic mass is 10.0. The third-order valence-electron chi connectivity index (χ3n) is 3.16. The highest BCUT2D eigenvalue weighted by Gasteiger charge is 2.19. The molecule has 0 radical (unpaired) electrons. The molecule has 1 amide bonds. The van der Waals surface area contributed by atoms with Gasteiger partial charge in [-0.2, -0.15) is 0 Å². The van der Waals surface area contributed by atoms with Gasteiger partial charge >= 0.3 is 0 Å². The summed E-state index contributed by atoms with van der Waals surface area (Å²) < 4.78 is 10.7. The van der Waals surface area contributed by atoms with Gasteiger partial charge in [-0.25, -0.2) is 0 Å². The van der Waals surface area contributed by atoms with E-state index in [2.05, 4.69) is 5.32 Å². The molecule has 0 saturated heterocycles. The summed E-state index contributed by atoms with van der Waals surface area (Å²) >= 11 is 0. The fourth-order valence-electron chi connectivity index (χ4n) is 1.65. The molecule has 0 heterocycles. The average Bonchev–Trinajstić information content (AvgIpc) is 2.44. The first kappa shape index (κ1) is 16.3. The second kappa shape index (κ2) is 7.14. The summed E-state index contributed by atoms with van der Waals surface area (Å²) in [5.41, 5.74) is 0.327. The number of carbonyl (C=O) groups is 1. The van der Waals surface area contributed by atoms with Crippen LogP contribution in [0.5, 0.6) is 11.5 Å². The van der Waals surface area contributed by atoms with Gasteiger partial charge < -0.3 is 19.9 Å². The van der Waals surface area contributed by atoms with E-state index >= 15 is 0 Å². The van der Waals surface area contributed by atoms with Crippen molar-refractivity contribution >= 4 is 5.91 Å².